The molecule has 6 heteroatoms. The van der Waals surface area contributed by atoms with Crippen molar-refractivity contribution in [3.63, 3.8) is 0 Å². The molecule has 0 saturated heterocycles. The number of amides is 2. The van der Waals surface area contributed by atoms with Gasteiger partial charge in [0.1, 0.15) is 11.9 Å². The summed E-state index contributed by atoms with van der Waals surface area (Å²) in [6, 6.07) is -0.780. The van der Waals surface area contributed by atoms with Gasteiger partial charge in [0.2, 0.25) is 0 Å². The standard InChI is InChI=1S/C12H15N5O/c1-3-5-16-8-9(7-14-16)10-11(13)15-12(18)17(10)6-4-2/h2,7-8,10H,3,5-6H2,1H3,(H2,13,15,18). The summed E-state index contributed by atoms with van der Waals surface area (Å²) in [4.78, 5) is 16.8. The van der Waals surface area contributed by atoms with Crippen LogP contribution in [0.2, 0.25) is 0 Å². The fraction of sp³-hybridized carbons (Fsp3) is 0.417. The van der Waals surface area contributed by atoms with Gasteiger partial charge in [0, 0.05) is 18.3 Å². The lowest BCUT2D eigenvalue weighted by Gasteiger charge is -2.20. The summed E-state index contributed by atoms with van der Waals surface area (Å²) in [6.45, 7) is 3.08. The van der Waals surface area contributed by atoms with Gasteiger partial charge in [0.05, 0.1) is 12.7 Å². The van der Waals surface area contributed by atoms with Crippen LogP contribution in [0.15, 0.2) is 17.4 Å². The van der Waals surface area contributed by atoms with E-state index in [1.54, 1.807) is 6.20 Å². The first-order valence-electron chi connectivity index (χ1n) is 5.77. The highest BCUT2D eigenvalue weighted by atomic mass is 16.2. The van der Waals surface area contributed by atoms with Crippen molar-refractivity contribution >= 4 is 11.9 Å². The lowest BCUT2D eigenvalue weighted by Crippen LogP contribution is -2.33. The van der Waals surface area contributed by atoms with E-state index in [-0.39, 0.29) is 18.4 Å². The van der Waals surface area contributed by atoms with E-state index >= 15 is 0 Å². The van der Waals surface area contributed by atoms with Crippen LogP contribution in [0.25, 0.3) is 0 Å². The largest absolute Gasteiger partial charge is 0.385 e. The van der Waals surface area contributed by atoms with E-state index < -0.39 is 6.03 Å². The Morgan fingerprint density at radius 1 is 1.61 bits per heavy atom. The van der Waals surface area contributed by atoms with Crippen LogP contribution in [0, 0.1) is 12.3 Å². The van der Waals surface area contributed by atoms with Gasteiger partial charge >= 0.3 is 6.03 Å². The summed E-state index contributed by atoms with van der Waals surface area (Å²) < 4.78 is 1.82. The van der Waals surface area contributed by atoms with Crippen LogP contribution >= 0.6 is 0 Å². The first-order chi connectivity index (χ1) is 8.67. The third-order valence-electron chi connectivity index (χ3n) is 2.75. The third kappa shape index (κ3) is 2.07. The van der Waals surface area contributed by atoms with Crippen LogP contribution in [0.3, 0.4) is 0 Å². The highest BCUT2D eigenvalue weighted by Gasteiger charge is 2.34. The van der Waals surface area contributed by atoms with E-state index in [1.165, 1.54) is 4.90 Å². The minimum absolute atomic E-state index is 0.187. The van der Waals surface area contributed by atoms with E-state index in [0.29, 0.717) is 0 Å². The summed E-state index contributed by atoms with van der Waals surface area (Å²) in [5, 5.41) is 4.22. The Labute approximate surface area is 105 Å². The number of urea groups is 1. The van der Waals surface area contributed by atoms with Crippen molar-refractivity contribution in [1.29, 1.82) is 0 Å². The Morgan fingerprint density at radius 2 is 2.39 bits per heavy atom. The zero-order valence-corrected chi connectivity index (χ0v) is 10.2. The molecule has 0 spiro atoms. The van der Waals surface area contributed by atoms with Crippen LogP contribution in [0.4, 0.5) is 4.79 Å². The van der Waals surface area contributed by atoms with Gasteiger partial charge in [-0.1, -0.05) is 12.8 Å². The number of carbonyl (C=O) groups is 1. The molecular weight excluding hydrogens is 230 g/mol. The maximum absolute atomic E-state index is 11.6. The molecule has 2 N–H and O–H groups in total. The van der Waals surface area contributed by atoms with Gasteiger partial charge < -0.3 is 5.73 Å². The number of aliphatic imine (C=N–C) groups is 1. The Morgan fingerprint density at radius 3 is 3.06 bits per heavy atom. The number of carbonyl (C=O) groups excluding carboxylic acids is 1. The molecule has 1 aromatic heterocycles. The second-order valence-corrected chi connectivity index (χ2v) is 4.09. The van der Waals surface area contributed by atoms with Crippen LogP contribution in [0.5, 0.6) is 0 Å². The van der Waals surface area contributed by atoms with Crippen molar-refractivity contribution in [3.8, 4) is 12.3 Å². The average molecular weight is 245 g/mol. The van der Waals surface area contributed by atoms with Gasteiger partial charge in [0.15, 0.2) is 0 Å². The molecule has 0 aliphatic carbocycles. The molecular formula is C12H15N5O. The molecule has 0 saturated carbocycles. The summed E-state index contributed by atoms with van der Waals surface area (Å²) in [5.41, 5.74) is 6.63. The van der Waals surface area contributed by atoms with Gasteiger partial charge in [-0.3, -0.25) is 9.58 Å². The second-order valence-electron chi connectivity index (χ2n) is 4.09. The topological polar surface area (TPSA) is 76.5 Å². The molecule has 1 aromatic rings. The van der Waals surface area contributed by atoms with Crippen LogP contribution < -0.4 is 5.73 Å². The first-order valence-corrected chi connectivity index (χ1v) is 5.77. The van der Waals surface area contributed by atoms with Crippen molar-refractivity contribution < 1.29 is 4.79 Å². The van der Waals surface area contributed by atoms with Crippen molar-refractivity contribution in [2.24, 2.45) is 10.7 Å². The molecule has 1 atom stereocenters. The smallest absolute Gasteiger partial charge is 0.346 e. The number of aryl methyl sites for hydroxylation is 1. The Bertz CT molecular complexity index is 525. The normalized spacial score (nSPS) is 18.9. The molecule has 1 unspecified atom stereocenters. The number of hydrogen-bond donors (Lipinski definition) is 1. The highest BCUT2D eigenvalue weighted by Crippen LogP contribution is 2.26. The number of aromatic nitrogens is 2. The molecule has 0 radical (unpaired) electrons. The number of hydrogen-bond acceptors (Lipinski definition) is 3. The van der Waals surface area contributed by atoms with E-state index in [1.807, 2.05) is 10.9 Å². The van der Waals surface area contributed by atoms with Crippen molar-refractivity contribution in [1.82, 2.24) is 14.7 Å². The van der Waals surface area contributed by atoms with Crippen LogP contribution in [-0.2, 0) is 6.54 Å². The summed E-state index contributed by atoms with van der Waals surface area (Å²) in [7, 11) is 0. The van der Waals surface area contributed by atoms with Gasteiger partial charge in [-0.15, -0.1) is 6.42 Å². The third-order valence-corrected chi connectivity index (χ3v) is 2.75. The van der Waals surface area contributed by atoms with Gasteiger partial charge in [-0.05, 0) is 6.42 Å². The Balaban J connectivity index is 2.26. The zero-order valence-electron chi connectivity index (χ0n) is 10.2. The highest BCUT2D eigenvalue weighted by molar-refractivity contribution is 6.03. The van der Waals surface area contributed by atoms with Crippen molar-refractivity contribution in [2.75, 3.05) is 6.54 Å². The van der Waals surface area contributed by atoms with Gasteiger partial charge in [0.25, 0.3) is 0 Å². The molecule has 6 nitrogen and oxygen atoms in total. The molecule has 0 aromatic carbocycles. The molecule has 2 amide bonds. The lowest BCUT2D eigenvalue weighted by atomic mass is 10.1. The lowest BCUT2D eigenvalue weighted by molar-refractivity contribution is 0.213. The predicted molar refractivity (Wildman–Crippen MR) is 67.8 cm³/mol. The molecule has 18 heavy (non-hydrogen) atoms. The van der Waals surface area contributed by atoms with E-state index in [4.69, 9.17) is 12.2 Å². The number of terminal acetylenes is 1. The molecule has 94 valence electrons. The van der Waals surface area contributed by atoms with Crippen LogP contribution in [-0.4, -0.2) is 33.1 Å². The fourth-order valence-corrected chi connectivity index (χ4v) is 1.99. The van der Waals surface area contributed by atoms with E-state index in [9.17, 15) is 4.79 Å². The Hall–Kier alpha value is -2.29. The summed E-state index contributed by atoms with van der Waals surface area (Å²) in [5.74, 6) is 2.71. The number of amidine groups is 1. The van der Waals surface area contributed by atoms with Crippen molar-refractivity contribution in [2.45, 2.75) is 25.9 Å². The first kappa shape index (κ1) is 12.2. The van der Waals surface area contributed by atoms with Crippen LogP contribution in [0.1, 0.15) is 24.9 Å². The fourth-order valence-electron chi connectivity index (χ4n) is 1.99. The zero-order chi connectivity index (χ0) is 13.1. The maximum Gasteiger partial charge on any atom is 0.346 e. The minimum atomic E-state index is -0.390. The average Bonchev–Trinajstić information content (AvgIpc) is 2.86. The minimum Gasteiger partial charge on any atom is -0.385 e. The van der Waals surface area contributed by atoms with Gasteiger partial charge in [-0.2, -0.15) is 10.1 Å². The molecule has 2 rings (SSSR count). The molecule has 1 aliphatic rings. The van der Waals surface area contributed by atoms with Crippen molar-refractivity contribution in [3.05, 3.63) is 18.0 Å². The van der Waals surface area contributed by atoms with Gasteiger partial charge in [-0.25, -0.2) is 4.79 Å². The van der Waals surface area contributed by atoms with E-state index in [0.717, 1.165) is 18.5 Å². The molecule has 0 bridgehead atoms. The monoisotopic (exact) mass is 245 g/mol. The Kier molecular flexibility index (Phi) is 3.33. The molecule has 0 fully saturated rings. The second kappa shape index (κ2) is 4.92. The SMILES string of the molecule is C#CCN1C(=O)N=C(N)C1c1cnn(CCC)c1. The predicted octanol–water partition coefficient (Wildman–Crippen LogP) is 0.760. The maximum atomic E-state index is 11.6. The number of nitrogens with zero attached hydrogens (tertiary/aromatic N) is 4. The van der Waals surface area contributed by atoms with E-state index in [2.05, 4.69) is 22.9 Å². The quantitative estimate of drug-likeness (QED) is 0.795. The molecule has 2 heterocycles. The summed E-state index contributed by atoms with van der Waals surface area (Å²) in [6.07, 6.45) is 9.81. The molecule has 1 aliphatic heterocycles. The number of rotatable bonds is 4. The number of nitrogens with two attached hydrogens (primary N) is 1. The summed E-state index contributed by atoms with van der Waals surface area (Å²) >= 11 is 0.